The maximum Gasteiger partial charge on any atom is 0.0976 e. The first-order chi connectivity index (χ1) is 9.61. The van der Waals surface area contributed by atoms with Gasteiger partial charge in [-0.25, -0.2) is 0 Å². The molecule has 0 N–H and O–H groups in total. The van der Waals surface area contributed by atoms with Gasteiger partial charge in [0.2, 0.25) is 0 Å². The quantitative estimate of drug-likeness (QED) is 0.728. The standard InChI is InChI=1S/C15H29N5/c1-14-19(11-15-4-5-16(2)10-15)8-9-20(14)13-18-7-6-17(3)12-18/h15H,1,4-13H2,2-3H3. The number of hydrogen-bond donors (Lipinski definition) is 0. The Morgan fingerprint density at radius 1 is 1.00 bits per heavy atom. The first kappa shape index (κ1) is 14.2. The second-order valence-electron chi connectivity index (χ2n) is 6.80. The Hall–Kier alpha value is -0.780. The minimum absolute atomic E-state index is 0.828. The van der Waals surface area contributed by atoms with Crippen LogP contribution in [0.1, 0.15) is 6.42 Å². The lowest BCUT2D eigenvalue weighted by Crippen LogP contribution is -2.36. The number of rotatable bonds is 4. The molecule has 3 fully saturated rings. The first-order valence-corrected chi connectivity index (χ1v) is 7.90. The van der Waals surface area contributed by atoms with Crippen LogP contribution in [0.3, 0.4) is 0 Å². The fourth-order valence-corrected chi connectivity index (χ4v) is 3.69. The Balaban J connectivity index is 1.47. The number of likely N-dealkylation sites (N-methyl/N-ethyl adjacent to an activating group) is 1. The van der Waals surface area contributed by atoms with Crippen molar-refractivity contribution in [1.29, 1.82) is 0 Å². The van der Waals surface area contributed by atoms with Crippen LogP contribution in [-0.4, -0.2) is 97.7 Å². The van der Waals surface area contributed by atoms with Crippen LogP contribution in [0.2, 0.25) is 0 Å². The highest BCUT2D eigenvalue weighted by Gasteiger charge is 2.29. The first-order valence-electron chi connectivity index (χ1n) is 7.90. The number of hydrogen-bond acceptors (Lipinski definition) is 5. The highest BCUT2D eigenvalue weighted by atomic mass is 15.5. The molecular weight excluding hydrogens is 250 g/mol. The number of likely N-dealkylation sites (tertiary alicyclic amines) is 1. The van der Waals surface area contributed by atoms with Crippen molar-refractivity contribution in [3.63, 3.8) is 0 Å². The molecule has 3 aliphatic rings. The van der Waals surface area contributed by atoms with Crippen LogP contribution < -0.4 is 0 Å². The lowest BCUT2D eigenvalue weighted by atomic mass is 10.1. The molecule has 3 heterocycles. The summed E-state index contributed by atoms with van der Waals surface area (Å²) in [4.78, 5) is 12.3. The second-order valence-corrected chi connectivity index (χ2v) is 6.80. The van der Waals surface area contributed by atoms with E-state index in [0.717, 1.165) is 32.3 Å². The summed E-state index contributed by atoms with van der Waals surface area (Å²) in [6, 6.07) is 0. The molecule has 5 nitrogen and oxygen atoms in total. The van der Waals surface area contributed by atoms with Crippen LogP contribution in [0.5, 0.6) is 0 Å². The van der Waals surface area contributed by atoms with Gasteiger partial charge in [-0.2, -0.15) is 0 Å². The molecule has 1 atom stereocenters. The zero-order valence-corrected chi connectivity index (χ0v) is 13.1. The minimum atomic E-state index is 0.828. The molecule has 0 saturated carbocycles. The van der Waals surface area contributed by atoms with Gasteiger partial charge in [-0.1, -0.05) is 6.58 Å². The van der Waals surface area contributed by atoms with E-state index in [-0.39, 0.29) is 0 Å². The Labute approximate surface area is 123 Å². The van der Waals surface area contributed by atoms with Crippen LogP contribution in [0.4, 0.5) is 0 Å². The summed E-state index contributed by atoms with van der Waals surface area (Å²) in [6.45, 7) is 14.9. The fraction of sp³-hybridized carbons (Fsp3) is 0.867. The molecule has 0 aromatic heterocycles. The third-order valence-corrected chi connectivity index (χ3v) is 4.95. The Kier molecular flexibility index (Phi) is 4.19. The van der Waals surface area contributed by atoms with Gasteiger partial charge in [0, 0.05) is 39.3 Å². The third-order valence-electron chi connectivity index (χ3n) is 4.95. The summed E-state index contributed by atoms with van der Waals surface area (Å²) in [6.07, 6.45) is 1.34. The lowest BCUT2D eigenvalue weighted by Gasteiger charge is -2.29. The highest BCUT2D eigenvalue weighted by molar-refractivity contribution is 5.01. The zero-order chi connectivity index (χ0) is 14.1. The third kappa shape index (κ3) is 3.10. The van der Waals surface area contributed by atoms with E-state index in [1.165, 1.54) is 45.0 Å². The Morgan fingerprint density at radius 3 is 2.45 bits per heavy atom. The highest BCUT2D eigenvalue weighted by Crippen LogP contribution is 2.23. The molecule has 0 aromatic carbocycles. The van der Waals surface area contributed by atoms with Crippen LogP contribution in [0.25, 0.3) is 0 Å². The maximum atomic E-state index is 4.34. The molecule has 0 radical (unpaired) electrons. The van der Waals surface area contributed by atoms with Crippen molar-refractivity contribution in [2.45, 2.75) is 6.42 Å². The molecule has 3 rings (SSSR count). The molecule has 0 aliphatic carbocycles. The van der Waals surface area contributed by atoms with Crippen LogP contribution in [0.15, 0.2) is 12.4 Å². The van der Waals surface area contributed by atoms with Gasteiger partial charge in [0.25, 0.3) is 0 Å². The van der Waals surface area contributed by atoms with E-state index >= 15 is 0 Å². The molecule has 0 aromatic rings. The van der Waals surface area contributed by atoms with Crippen molar-refractivity contribution >= 4 is 0 Å². The molecule has 3 saturated heterocycles. The van der Waals surface area contributed by atoms with Gasteiger partial charge in [-0.3, -0.25) is 9.80 Å². The van der Waals surface area contributed by atoms with Gasteiger partial charge in [0.15, 0.2) is 0 Å². The SMILES string of the molecule is C=C1N(CC2CCN(C)C2)CCN1CN1CCN(C)C1. The van der Waals surface area contributed by atoms with E-state index in [1.807, 2.05) is 0 Å². The van der Waals surface area contributed by atoms with Gasteiger partial charge in [-0.05, 0) is 33.0 Å². The van der Waals surface area contributed by atoms with Crippen molar-refractivity contribution in [3.05, 3.63) is 12.4 Å². The summed E-state index contributed by atoms with van der Waals surface area (Å²) in [5, 5.41) is 0. The predicted octanol–water partition coefficient (Wildman–Crippen LogP) is 0.189. The zero-order valence-electron chi connectivity index (χ0n) is 13.1. The van der Waals surface area contributed by atoms with E-state index in [9.17, 15) is 0 Å². The predicted molar refractivity (Wildman–Crippen MR) is 82.1 cm³/mol. The van der Waals surface area contributed by atoms with Gasteiger partial charge in [0.05, 0.1) is 19.2 Å². The molecule has 0 amide bonds. The van der Waals surface area contributed by atoms with Crippen molar-refractivity contribution < 1.29 is 0 Å². The average molecular weight is 279 g/mol. The molecule has 0 bridgehead atoms. The molecule has 114 valence electrons. The molecule has 5 heteroatoms. The van der Waals surface area contributed by atoms with Gasteiger partial charge in [0.1, 0.15) is 0 Å². The van der Waals surface area contributed by atoms with Crippen LogP contribution >= 0.6 is 0 Å². The van der Waals surface area contributed by atoms with Crippen molar-refractivity contribution in [3.8, 4) is 0 Å². The fourth-order valence-electron chi connectivity index (χ4n) is 3.69. The van der Waals surface area contributed by atoms with E-state index in [0.29, 0.717) is 0 Å². The van der Waals surface area contributed by atoms with E-state index in [1.54, 1.807) is 0 Å². The van der Waals surface area contributed by atoms with Crippen LogP contribution in [-0.2, 0) is 0 Å². The van der Waals surface area contributed by atoms with E-state index in [4.69, 9.17) is 0 Å². The van der Waals surface area contributed by atoms with Gasteiger partial charge in [-0.15, -0.1) is 0 Å². The van der Waals surface area contributed by atoms with Gasteiger partial charge >= 0.3 is 0 Å². The average Bonchev–Trinajstić information content (AvgIpc) is 3.08. The monoisotopic (exact) mass is 279 g/mol. The molecular formula is C15H29N5. The maximum absolute atomic E-state index is 4.34. The van der Waals surface area contributed by atoms with Crippen molar-refractivity contribution in [1.82, 2.24) is 24.5 Å². The summed E-state index contributed by atoms with van der Waals surface area (Å²) in [7, 11) is 4.43. The normalized spacial score (nSPS) is 30.1. The lowest BCUT2D eigenvalue weighted by molar-refractivity contribution is 0.174. The van der Waals surface area contributed by atoms with Crippen LogP contribution in [0, 0.1) is 5.92 Å². The molecule has 1 unspecified atom stereocenters. The van der Waals surface area contributed by atoms with E-state index in [2.05, 4.69) is 45.2 Å². The molecule has 0 spiro atoms. The van der Waals surface area contributed by atoms with Crippen molar-refractivity contribution in [2.24, 2.45) is 5.92 Å². The van der Waals surface area contributed by atoms with E-state index < -0.39 is 0 Å². The summed E-state index contributed by atoms with van der Waals surface area (Å²) >= 11 is 0. The Bertz CT molecular complexity index is 326. The second kappa shape index (κ2) is 5.92. The minimum Gasteiger partial charge on any atom is -0.357 e. The summed E-state index contributed by atoms with van der Waals surface area (Å²) in [5.74, 6) is 2.07. The topological polar surface area (TPSA) is 16.2 Å². The number of nitrogens with zero attached hydrogens (tertiary/aromatic N) is 5. The summed E-state index contributed by atoms with van der Waals surface area (Å²) in [5.41, 5.74) is 0. The smallest absolute Gasteiger partial charge is 0.0976 e. The van der Waals surface area contributed by atoms with Gasteiger partial charge < -0.3 is 14.7 Å². The van der Waals surface area contributed by atoms with Crippen molar-refractivity contribution in [2.75, 3.05) is 73.2 Å². The Morgan fingerprint density at radius 2 is 1.80 bits per heavy atom. The molecule has 20 heavy (non-hydrogen) atoms. The largest absolute Gasteiger partial charge is 0.357 e. The summed E-state index contributed by atoms with van der Waals surface area (Å²) < 4.78 is 0. The molecule has 3 aliphatic heterocycles.